The predicted molar refractivity (Wildman–Crippen MR) is 98.9 cm³/mol. The van der Waals surface area contributed by atoms with Gasteiger partial charge in [-0.1, -0.05) is 25.1 Å². The van der Waals surface area contributed by atoms with Gasteiger partial charge in [-0.25, -0.2) is 0 Å². The van der Waals surface area contributed by atoms with E-state index >= 15 is 0 Å². The molecular formula is C20H28N2O4. The molecule has 0 atom stereocenters. The average molecular weight is 360 g/mol. The summed E-state index contributed by atoms with van der Waals surface area (Å²) in [6.07, 6.45) is 2.61. The molecule has 0 saturated carbocycles. The Labute approximate surface area is 155 Å². The Morgan fingerprint density at radius 2 is 1.81 bits per heavy atom. The van der Waals surface area contributed by atoms with Crippen LogP contribution in [0.1, 0.15) is 38.7 Å². The number of hydrogen-bond donors (Lipinski definition) is 0. The molecule has 3 rings (SSSR count). The Morgan fingerprint density at radius 3 is 2.42 bits per heavy atom. The van der Waals surface area contributed by atoms with Crippen LogP contribution in [-0.2, 0) is 25.5 Å². The predicted octanol–water partition coefficient (Wildman–Crippen LogP) is 2.36. The highest BCUT2D eigenvalue weighted by atomic mass is 16.7. The molecule has 2 heterocycles. The highest BCUT2D eigenvalue weighted by Gasteiger charge is 2.40. The molecule has 6 nitrogen and oxygen atoms in total. The first kappa shape index (κ1) is 18.9. The van der Waals surface area contributed by atoms with Crippen LogP contribution in [0.2, 0.25) is 0 Å². The molecule has 2 fully saturated rings. The average Bonchev–Trinajstić information content (AvgIpc) is 3.10. The number of benzene rings is 1. The van der Waals surface area contributed by atoms with Gasteiger partial charge < -0.3 is 19.3 Å². The molecule has 2 aliphatic heterocycles. The van der Waals surface area contributed by atoms with Crippen molar-refractivity contribution >= 4 is 17.5 Å². The molecule has 0 aromatic heterocycles. The molecule has 0 N–H and O–H groups in total. The van der Waals surface area contributed by atoms with Gasteiger partial charge in [0.2, 0.25) is 11.8 Å². The number of nitrogens with zero attached hydrogens (tertiary/aromatic N) is 2. The van der Waals surface area contributed by atoms with Crippen molar-refractivity contribution in [3.8, 4) is 0 Å². The summed E-state index contributed by atoms with van der Waals surface area (Å²) in [5, 5.41) is 0. The van der Waals surface area contributed by atoms with E-state index in [-0.39, 0.29) is 11.8 Å². The molecule has 2 amide bonds. The minimum Gasteiger partial charge on any atom is -0.347 e. The summed E-state index contributed by atoms with van der Waals surface area (Å²) in [5.74, 6) is -0.426. The van der Waals surface area contributed by atoms with Crippen molar-refractivity contribution in [2.75, 3.05) is 37.7 Å². The Balaban J connectivity index is 1.58. The number of ether oxygens (including phenoxy) is 2. The molecule has 1 aromatic carbocycles. The molecule has 2 saturated heterocycles. The molecule has 0 bridgehead atoms. The van der Waals surface area contributed by atoms with E-state index in [4.69, 9.17) is 9.47 Å². The molecule has 1 aromatic rings. The standard InChI is InChI=1S/C20H28N2O4/c1-3-17-6-4-5-7-18(17)22(16(2)23)11-8-19(24)21-12-9-20(10-13-21)25-14-15-26-20/h4-7H,3,8-15H2,1-2H3. The first-order valence-corrected chi connectivity index (χ1v) is 9.46. The van der Waals surface area contributed by atoms with Crippen LogP contribution in [0, 0.1) is 0 Å². The molecule has 26 heavy (non-hydrogen) atoms. The summed E-state index contributed by atoms with van der Waals surface area (Å²) < 4.78 is 11.4. The van der Waals surface area contributed by atoms with Crippen molar-refractivity contribution in [3.63, 3.8) is 0 Å². The highest BCUT2D eigenvalue weighted by Crippen LogP contribution is 2.31. The third kappa shape index (κ3) is 4.07. The van der Waals surface area contributed by atoms with Gasteiger partial charge in [-0.05, 0) is 18.1 Å². The Hall–Kier alpha value is -1.92. The topological polar surface area (TPSA) is 59.1 Å². The van der Waals surface area contributed by atoms with E-state index in [9.17, 15) is 9.59 Å². The number of para-hydroxylation sites is 1. The zero-order valence-corrected chi connectivity index (χ0v) is 15.7. The van der Waals surface area contributed by atoms with Crippen molar-refractivity contribution in [3.05, 3.63) is 29.8 Å². The van der Waals surface area contributed by atoms with Crippen molar-refractivity contribution in [2.45, 2.75) is 45.3 Å². The molecule has 0 aliphatic carbocycles. The molecule has 0 unspecified atom stereocenters. The van der Waals surface area contributed by atoms with E-state index in [1.807, 2.05) is 29.2 Å². The van der Waals surface area contributed by atoms with Crippen LogP contribution in [0.3, 0.4) is 0 Å². The molecule has 1 spiro atoms. The normalized spacial score (nSPS) is 18.9. The highest BCUT2D eigenvalue weighted by molar-refractivity contribution is 5.93. The zero-order valence-electron chi connectivity index (χ0n) is 15.7. The van der Waals surface area contributed by atoms with E-state index in [1.165, 1.54) is 0 Å². The lowest BCUT2D eigenvalue weighted by atomic mass is 10.0. The number of carbonyl (C=O) groups excluding carboxylic acids is 2. The number of likely N-dealkylation sites (tertiary alicyclic amines) is 1. The molecule has 6 heteroatoms. The lowest BCUT2D eigenvalue weighted by molar-refractivity contribution is -0.187. The largest absolute Gasteiger partial charge is 0.347 e. The quantitative estimate of drug-likeness (QED) is 0.809. The second-order valence-corrected chi connectivity index (χ2v) is 6.89. The monoisotopic (exact) mass is 360 g/mol. The van der Waals surface area contributed by atoms with Crippen molar-refractivity contribution in [1.29, 1.82) is 0 Å². The van der Waals surface area contributed by atoms with Gasteiger partial charge in [-0.2, -0.15) is 0 Å². The van der Waals surface area contributed by atoms with E-state index in [0.29, 0.717) is 52.1 Å². The summed E-state index contributed by atoms with van der Waals surface area (Å²) in [6.45, 7) is 6.58. The van der Waals surface area contributed by atoms with Gasteiger partial charge in [0, 0.05) is 51.5 Å². The van der Waals surface area contributed by atoms with Crippen LogP contribution in [-0.4, -0.2) is 55.3 Å². The van der Waals surface area contributed by atoms with Crippen LogP contribution in [0.5, 0.6) is 0 Å². The lowest BCUT2D eigenvalue weighted by Gasteiger charge is -2.37. The fourth-order valence-electron chi connectivity index (χ4n) is 3.77. The third-order valence-corrected chi connectivity index (χ3v) is 5.28. The minimum absolute atomic E-state index is 0.0379. The van der Waals surface area contributed by atoms with Gasteiger partial charge in [-0.3, -0.25) is 9.59 Å². The number of piperidine rings is 1. The summed E-state index contributed by atoms with van der Waals surface area (Å²) in [5.41, 5.74) is 2.02. The van der Waals surface area contributed by atoms with Crippen molar-refractivity contribution in [2.24, 2.45) is 0 Å². The first-order valence-electron chi connectivity index (χ1n) is 9.46. The van der Waals surface area contributed by atoms with Crippen LogP contribution in [0.15, 0.2) is 24.3 Å². The van der Waals surface area contributed by atoms with Gasteiger partial charge in [0.15, 0.2) is 5.79 Å². The smallest absolute Gasteiger partial charge is 0.224 e. The zero-order chi connectivity index (χ0) is 18.6. The van der Waals surface area contributed by atoms with Crippen LogP contribution in [0.25, 0.3) is 0 Å². The van der Waals surface area contributed by atoms with E-state index in [0.717, 1.165) is 17.7 Å². The number of hydrogen-bond acceptors (Lipinski definition) is 4. The van der Waals surface area contributed by atoms with Crippen molar-refractivity contribution < 1.29 is 19.1 Å². The Bertz CT molecular complexity index is 645. The molecule has 2 aliphatic rings. The van der Waals surface area contributed by atoms with E-state index in [2.05, 4.69) is 6.92 Å². The summed E-state index contributed by atoms with van der Waals surface area (Å²) >= 11 is 0. The number of amides is 2. The fraction of sp³-hybridized carbons (Fsp3) is 0.600. The molecule has 142 valence electrons. The maximum atomic E-state index is 12.6. The van der Waals surface area contributed by atoms with Gasteiger partial charge in [0.05, 0.1) is 13.2 Å². The summed E-state index contributed by atoms with van der Waals surface area (Å²) in [4.78, 5) is 28.3. The lowest BCUT2D eigenvalue weighted by Crippen LogP contribution is -2.48. The fourth-order valence-corrected chi connectivity index (χ4v) is 3.77. The minimum atomic E-state index is -0.470. The van der Waals surface area contributed by atoms with E-state index < -0.39 is 5.79 Å². The van der Waals surface area contributed by atoms with Crippen molar-refractivity contribution in [1.82, 2.24) is 4.90 Å². The Morgan fingerprint density at radius 1 is 1.15 bits per heavy atom. The third-order valence-electron chi connectivity index (χ3n) is 5.28. The van der Waals surface area contributed by atoms with Gasteiger partial charge in [0.25, 0.3) is 0 Å². The number of rotatable bonds is 5. The van der Waals surface area contributed by atoms with Gasteiger partial charge in [-0.15, -0.1) is 0 Å². The van der Waals surface area contributed by atoms with E-state index in [1.54, 1.807) is 11.8 Å². The second-order valence-electron chi connectivity index (χ2n) is 6.89. The first-order chi connectivity index (χ1) is 12.5. The summed E-state index contributed by atoms with van der Waals surface area (Å²) in [7, 11) is 0. The van der Waals surface area contributed by atoms with Crippen LogP contribution >= 0.6 is 0 Å². The number of carbonyl (C=O) groups is 2. The number of aryl methyl sites for hydroxylation is 1. The Kier molecular flexibility index (Phi) is 5.94. The SMILES string of the molecule is CCc1ccccc1N(CCC(=O)N1CCC2(CC1)OCCO2)C(C)=O. The summed E-state index contributed by atoms with van der Waals surface area (Å²) in [6, 6.07) is 7.88. The number of anilines is 1. The van der Waals surface area contributed by atoms with Gasteiger partial charge >= 0.3 is 0 Å². The molecule has 0 radical (unpaired) electrons. The van der Waals surface area contributed by atoms with Gasteiger partial charge in [0.1, 0.15) is 0 Å². The second kappa shape index (κ2) is 8.18. The molecular weight excluding hydrogens is 332 g/mol. The maximum absolute atomic E-state index is 12.6. The van der Waals surface area contributed by atoms with Crippen LogP contribution in [0.4, 0.5) is 5.69 Å². The van der Waals surface area contributed by atoms with Crippen LogP contribution < -0.4 is 4.90 Å². The maximum Gasteiger partial charge on any atom is 0.224 e.